The van der Waals surface area contributed by atoms with E-state index in [0.29, 0.717) is 0 Å². The first-order valence-corrected chi connectivity index (χ1v) is 5.02. The normalized spacial score (nSPS) is 18.4. The van der Waals surface area contributed by atoms with Crippen molar-refractivity contribution in [1.29, 1.82) is 0 Å². The van der Waals surface area contributed by atoms with E-state index in [1.165, 1.54) is 18.5 Å². The van der Waals surface area contributed by atoms with Gasteiger partial charge in [0.05, 0.1) is 0 Å². The van der Waals surface area contributed by atoms with Crippen LogP contribution in [0.4, 0.5) is 0 Å². The molecule has 0 radical (unpaired) electrons. The number of hydrogen-bond acceptors (Lipinski definition) is 2. The van der Waals surface area contributed by atoms with E-state index in [1.54, 1.807) is 0 Å². The molecular formula is C11H20N2. The fraction of sp³-hybridized carbons (Fsp3) is 0.636. The highest BCUT2D eigenvalue weighted by Gasteiger charge is 2.07. The van der Waals surface area contributed by atoms with Gasteiger partial charge < -0.3 is 5.32 Å². The third kappa shape index (κ3) is 4.25. The third-order valence-corrected chi connectivity index (χ3v) is 2.41. The van der Waals surface area contributed by atoms with Gasteiger partial charge in [0, 0.05) is 32.7 Å². The summed E-state index contributed by atoms with van der Waals surface area (Å²) in [4.78, 5) is 2.48. The van der Waals surface area contributed by atoms with E-state index in [9.17, 15) is 0 Å². The van der Waals surface area contributed by atoms with Gasteiger partial charge in [0.2, 0.25) is 0 Å². The van der Waals surface area contributed by atoms with Crippen LogP contribution in [0.25, 0.3) is 0 Å². The second kappa shape index (κ2) is 5.95. The molecule has 1 aliphatic heterocycles. The van der Waals surface area contributed by atoms with Gasteiger partial charge in [0.1, 0.15) is 0 Å². The molecule has 1 N–H and O–H groups in total. The van der Waals surface area contributed by atoms with Crippen LogP contribution in [0, 0.1) is 0 Å². The van der Waals surface area contributed by atoms with Gasteiger partial charge in [0.15, 0.2) is 0 Å². The Morgan fingerprint density at radius 2 is 2.54 bits per heavy atom. The average molecular weight is 180 g/mol. The van der Waals surface area contributed by atoms with Crippen molar-refractivity contribution < 1.29 is 0 Å². The maximum Gasteiger partial charge on any atom is 0.0166 e. The predicted molar refractivity (Wildman–Crippen MR) is 57.9 cm³/mol. The zero-order valence-corrected chi connectivity index (χ0v) is 8.55. The van der Waals surface area contributed by atoms with Crippen molar-refractivity contribution in [3.8, 4) is 0 Å². The Morgan fingerprint density at radius 3 is 3.15 bits per heavy atom. The van der Waals surface area contributed by atoms with Crippen LogP contribution >= 0.6 is 0 Å². The van der Waals surface area contributed by atoms with Crippen molar-refractivity contribution in [2.45, 2.75) is 13.3 Å². The molecule has 1 rings (SSSR count). The van der Waals surface area contributed by atoms with E-state index in [4.69, 9.17) is 0 Å². The summed E-state index contributed by atoms with van der Waals surface area (Å²) in [5, 5.41) is 3.31. The lowest BCUT2D eigenvalue weighted by Crippen LogP contribution is -2.35. The number of nitrogens with zero attached hydrogens (tertiary/aromatic N) is 1. The number of hydrogen-bond donors (Lipinski definition) is 1. The largest absolute Gasteiger partial charge is 0.312 e. The molecule has 0 aliphatic carbocycles. The average Bonchev–Trinajstić information content (AvgIpc) is 2.15. The highest BCUT2D eigenvalue weighted by molar-refractivity contribution is 5.03. The van der Waals surface area contributed by atoms with E-state index in [2.05, 4.69) is 29.8 Å². The fourth-order valence-corrected chi connectivity index (χ4v) is 1.46. The topological polar surface area (TPSA) is 15.3 Å². The lowest BCUT2D eigenvalue weighted by Gasteiger charge is -2.25. The van der Waals surface area contributed by atoms with Crippen molar-refractivity contribution in [3.63, 3.8) is 0 Å². The zero-order valence-electron chi connectivity index (χ0n) is 8.55. The van der Waals surface area contributed by atoms with Crippen LogP contribution in [0.2, 0.25) is 0 Å². The van der Waals surface area contributed by atoms with Crippen LogP contribution in [-0.4, -0.2) is 37.6 Å². The van der Waals surface area contributed by atoms with Gasteiger partial charge in [-0.15, -0.1) is 6.58 Å². The quantitative estimate of drug-likeness (QED) is 0.508. The van der Waals surface area contributed by atoms with Gasteiger partial charge >= 0.3 is 0 Å². The summed E-state index contributed by atoms with van der Waals surface area (Å²) in [6.45, 7) is 11.4. The summed E-state index contributed by atoms with van der Waals surface area (Å²) < 4.78 is 0. The Bertz CT molecular complexity index is 185. The Labute approximate surface area is 81.3 Å². The molecule has 0 unspecified atom stereocenters. The lowest BCUT2D eigenvalue weighted by atomic mass is 10.1. The fourth-order valence-electron chi connectivity index (χ4n) is 1.46. The van der Waals surface area contributed by atoms with E-state index in [1.807, 2.05) is 6.08 Å². The van der Waals surface area contributed by atoms with E-state index in [-0.39, 0.29) is 0 Å². The van der Waals surface area contributed by atoms with Crippen molar-refractivity contribution in [1.82, 2.24) is 10.2 Å². The summed E-state index contributed by atoms with van der Waals surface area (Å²) in [6, 6.07) is 0. The van der Waals surface area contributed by atoms with Crippen molar-refractivity contribution in [3.05, 3.63) is 24.3 Å². The van der Waals surface area contributed by atoms with Gasteiger partial charge in [0.25, 0.3) is 0 Å². The minimum atomic E-state index is 0.919. The minimum absolute atomic E-state index is 0.919. The molecule has 74 valence electrons. The molecule has 0 amide bonds. The second-order valence-corrected chi connectivity index (χ2v) is 3.59. The first-order valence-electron chi connectivity index (χ1n) is 5.02. The van der Waals surface area contributed by atoms with Crippen molar-refractivity contribution in [2.75, 3.05) is 32.7 Å². The van der Waals surface area contributed by atoms with Crippen molar-refractivity contribution in [2.24, 2.45) is 0 Å². The zero-order chi connectivity index (χ0) is 9.52. The van der Waals surface area contributed by atoms with E-state index < -0.39 is 0 Å². The molecule has 0 fully saturated rings. The molecule has 2 heteroatoms. The summed E-state index contributed by atoms with van der Waals surface area (Å²) in [7, 11) is 0. The Balaban J connectivity index is 2.06. The Hall–Kier alpha value is -0.600. The maximum absolute atomic E-state index is 3.67. The van der Waals surface area contributed by atoms with Gasteiger partial charge in [-0.25, -0.2) is 0 Å². The molecule has 0 saturated carbocycles. The van der Waals surface area contributed by atoms with Gasteiger partial charge in [-0.1, -0.05) is 17.7 Å². The maximum atomic E-state index is 3.67. The van der Waals surface area contributed by atoms with Gasteiger partial charge in [-0.3, -0.25) is 4.90 Å². The highest BCUT2D eigenvalue weighted by Crippen LogP contribution is 2.08. The first-order chi connectivity index (χ1) is 6.33. The van der Waals surface area contributed by atoms with E-state index in [0.717, 1.165) is 26.2 Å². The number of rotatable bonds is 5. The van der Waals surface area contributed by atoms with Crippen LogP contribution in [-0.2, 0) is 0 Å². The van der Waals surface area contributed by atoms with Crippen LogP contribution in [0.5, 0.6) is 0 Å². The Morgan fingerprint density at radius 1 is 1.69 bits per heavy atom. The van der Waals surface area contributed by atoms with Crippen LogP contribution in [0.1, 0.15) is 13.3 Å². The first kappa shape index (κ1) is 10.5. The predicted octanol–water partition coefficient (Wildman–Crippen LogP) is 1.41. The summed E-state index contributed by atoms with van der Waals surface area (Å²) in [5.74, 6) is 0. The lowest BCUT2D eigenvalue weighted by molar-refractivity contribution is 0.294. The van der Waals surface area contributed by atoms with Crippen molar-refractivity contribution >= 4 is 0 Å². The molecule has 13 heavy (non-hydrogen) atoms. The van der Waals surface area contributed by atoms with Crippen LogP contribution < -0.4 is 5.32 Å². The second-order valence-electron chi connectivity index (χ2n) is 3.59. The SMILES string of the molecule is C=CCNCCN1CC=C(C)CC1. The Kier molecular flexibility index (Phi) is 4.79. The molecule has 0 spiro atoms. The third-order valence-electron chi connectivity index (χ3n) is 2.41. The standard InChI is InChI=1S/C11H20N2/c1-3-6-12-7-10-13-8-4-11(2)5-9-13/h3-4,12H,1,5-10H2,2H3. The molecule has 0 aromatic heterocycles. The summed E-state index contributed by atoms with van der Waals surface area (Å²) in [5.41, 5.74) is 1.54. The molecular weight excluding hydrogens is 160 g/mol. The highest BCUT2D eigenvalue weighted by atomic mass is 15.1. The van der Waals surface area contributed by atoms with E-state index >= 15 is 0 Å². The van der Waals surface area contributed by atoms with Gasteiger partial charge in [-0.2, -0.15) is 0 Å². The molecule has 1 heterocycles. The number of nitrogens with one attached hydrogen (secondary N) is 1. The molecule has 0 aromatic rings. The molecule has 0 saturated heterocycles. The monoisotopic (exact) mass is 180 g/mol. The van der Waals surface area contributed by atoms with Crippen LogP contribution in [0.3, 0.4) is 0 Å². The molecule has 0 atom stereocenters. The summed E-state index contributed by atoms with van der Waals surface area (Å²) >= 11 is 0. The molecule has 1 aliphatic rings. The molecule has 2 nitrogen and oxygen atoms in total. The molecule has 0 aromatic carbocycles. The van der Waals surface area contributed by atoms with Crippen LogP contribution in [0.15, 0.2) is 24.3 Å². The molecule has 0 bridgehead atoms. The summed E-state index contributed by atoms with van der Waals surface area (Å²) in [6.07, 6.45) is 5.47. The van der Waals surface area contributed by atoms with Gasteiger partial charge in [-0.05, 0) is 13.3 Å². The smallest absolute Gasteiger partial charge is 0.0166 e. The minimum Gasteiger partial charge on any atom is -0.312 e.